The van der Waals surface area contributed by atoms with E-state index in [2.05, 4.69) is 70.1 Å². The number of benzene rings is 1. The van der Waals surface area contributed by atoms with Gasteiger partial charge >= 0.3 is 0 Å². The molecule has 0 amide bonds. The minimum atomic E-state index is 0.612. The van der Waals surface area contributed by atoms with E-state index in [0.717, 1.165) is 13.0 Å². The fraction of sp³-hybridized carbons (Fsp3) is 0.625. The highest BCUT2D eigenvalue weighted by Gasteiger charge is 2.04. The Morgan fingerprint density at radius 1 is 1.00 bits per heavy atom. The molecule has 0 aliphatic carbocycles. The normalized spacial score (nSPS) is 11.3. The maximum Gasteiger partial charge on any atom is 0.0210 e. The van der Waals surface area contributed by atoms with Crippen molar-refractivity contribution in [1.29, 1.82) is 0 Å². The smallest absolute Gasteiger partial charge is 0.0210 e. The van der Waals surface area contributed by atoms with Gasteiger partial charge in [0.15, 0.2) is 0 Å². The summed E-state index contributed by atoms with van der Waals surface area (Å²) in [4.78, 5) is 0. The van der Waals surface area contributed by atoms with Crippen LogP contribution in [-0.2, 0) is 6.42 Å². The first-order valence-electron chi connectivity index (χ1n) is 7.18. The largest absolute Gasteiger partial charge is 0.315 e. The lowest BCUT2D eigenvalue weighted by Gasteiger charge is -2.09. The molecule has 0 heterocycles. The Bertz CT molecular complexity index is 389. The molecule has 0 saturated heterocycles. The summed E-state index contributed by atoms with van der Waals surface area (Å²) in [5.74, 6) is 0. The first-order valence-corrected chi connectivity index (χ1v) is 8.77. The van der Waals surface area contributed by atoms with Crippen molar-refractivity contribution in [3.63, 3.8) is 0 Å². The lowest BCUT2D eigenvalue weighted by molar-refractivity contribution is 0.541. The molecule has 0 fully saturated rings. The second-order valence-electron chi connectivity index (χ2n) is 5.47. The van der Waals surface area contributed by atoms with Gasteiger partial charge in [-0.25, -0.2) is 0 Å². The molecule has 0 unspecified atom stereocenters. The van der Waals surface area contributed by atoms with Gasteiger partial charge in [0, 0.05) is 15.0 Å². The van der Waals surface area contributed by atoms with Crippen LogP contribution in [0.5, 0.6) is 0 Å². The number of rotatable bonds is 8. The molecule has 1 rings (SSSR count). The number of hydrogen-bond donors (Lipinski definition) is 1. The van der Waals surface area contributed by atoms with Gasteiger partial charge in [-0.2, -0.15) is 0 Å². The standard InChI is InChI=1S/C16H25Br2N/c1-12(2)19-9-7-5-4-6-8-14-11-15(17)13(3)10-16(14)18/h10-12,19H,4-9H2,1-3H3. The Kier molecular flexibility index (Phi) is 8.27. The predicted octanol–water partition coefficient (Wildman–Crippen LogP) is 5.62. The lowest BCUT2D eigenvalue weighted by atomic mass is 10.0. The van der Waals surface area contributed by atoms with E-state index < -0.39 is 0 Å². The highest BCUT2D eigenvalue weighted by atomic mass is 79.9. The van der Waals surface area contributed by atoms with Crippen LogP contribution < -0.4 is 5.32 Å². The summed E-state index contributed by atoms with van der Waals surface area (Å²) in [5.41, 5.74) is 2.70. The van der Waals surface area contributed by atoms with Gasteiger partial charge in [0.1, 0.15) is 0 Å². The predicted molar refractivity (Wildman–Crippen MR) is 91.9 cm³/mol. The molecule has 1 aromatic carbocycles. The van der Waals surface area contributed by atoms with Crippen LogP contribution >= 0.6 is 31.9 Å². The molecule has 0 spiro atoms. The third-order valence-electron chi connectivity index (χ3n) is 3.25. The molecule has 1 nitrogen and oxygen atoms in total. The molecule has 19 heavy (non-hydrogen) atoms. The van der Waals surface area contributed by atoms with Gasteiger partial charge in [0.25, 0.3) is 0 Å². The molecule has 0 radical (unpaired) electrons. The molecule has 0 atom stereocenters. The van der Waals surface area contributed by atoms with Crippen LogP contribution in [0, 0.1) is 6.92 Å². The summed E-state index contributed by atoms with van der Waals surface area (Å²) >= 11 is 7.27. The number of aryl methyl sites for hydroxylation is 2. The van der Waals surface area contributed by atoms with E-state index in [9.17, 15) is 0 Å². The third-order valence-corrected chi connectivity index (χ3v) is 4.85. The molecular weight excluding hydrogens is 366 g/mol. The molecule has 0 bridgehead atoms. The molecule has 1 aromatic rings. The Morgan fingerprint density at radius 3 is 2.37 bits per heavy atom. The van der Waals surface area contributed by atoms with E-state index in [1.165, 1.54) is 45.8 Å². The van der Waals surface area contributed by atoms with Crippen molar-refractivity contribution in [3.8, 4) is 0 Å². The van der Waals surface area contributed by atoms with E-state index in [1.54, 1.807) is 0 Å². The Labute approximate surface area is 134 Å². The van der Waals surface area contributed by atoms with E-state index in [4.69, 9.17) is 0 Å². The molecular formula is C16H25Br2N. The van der Waals surface area contributed by atoms with Crippen LogP contribution in [0.25, 0.3) is 0 Å². The maximum atomic E-state index is 3.66. The SMILES string of the molecule is Cc1cc(Br)c(CCCCCCNC(C)C)cc1Br. The first kappa shape index (κ1) is 17.2. The molecule has 108 valence electrons. The Morgan fingerprint density at radius 2 is 1.68 bits per heavy atom. The van der Waals surface area contributed by atoms with Gasteiger partial charge in [-0.1, -0.05) is 58.5 Å². The highest BCUT2D eigenvalue weighted by Crippen LogP contribution is 2.26. The van der Waals surface area contributed by atoms with Crippen molar-refractivity contribution in [1.82, 2.24) is 5.32 Å². The lowest BCUT2D eigenvalue weighted by Crippen LogP contribution is -2.23. The Hall–Kier alpha value is 0.140. The van der Waals surface area contributed by atoms with Crippen molar-refractivity contribution in [3.05, 3.63) is 32.2 Å². The first-order chi connectivity index (χ1) is 9.00. The average Bonchev–Trinajstić information content (AvgIpc) is 2.33. The van der Waals surface area contributed by atoms with Gasteiger partial charge in [0.05, 0.1) is 0 Å². The van der Waals surface area contributed by atoms with Gasteiger partial charge < -0.3 is 5.32 Å². The second kappa shape index (κ2) is 9.15. The zero-order valence-corrected chi connectivity index (χ0v) is 15.4. The van der Waals surface area contributed by atoms with Crippen molar-refractivity contribution in [2.45, 2.75) is 58.9 Å². The molecule has 0 aliphatic rings. The van der Waals surface area contributed by atoms with Gasteiger partial charge in [0.2, 0.25) is 0 Å². The highest BCUT2D eigenvalue weighted by molar-refractivity contribution is 9.11. The second-order valence-corrected chi connectivity index (χ2v) is 7.17. The van der Waals surface area contributed by atoms with E-state index in [0.29, 0.717) is 6.04 Å². The fourth-order valence-corrected chi connectivity index (χ4v) is 3.11. The van der Waals surface area contributed by atoms with Crippen LogP contribution in [0.3, 0.4) is 0 Å². The maximum absolute atomic E-state index is 3.66. The number of unbranched alkanes of at least 4 members (excludes halogenated alkanes) is 3. The van der Waals surface area contributed by atoms with Gasteiger partial charge in [-0.15, -0.1) is 0 Å². The minimum Gasteiger partial charge on any atom is -0.315 e. The van der Waals surface area contributed by atoms with Gasteiger partial charge in [-0.3, -0.25) is 0 Å². The van der Waals surface area contributed by atoms with E-state index >= 15 is 0 Å². The monoisotopic (exact) mass is 389 g/mol. The number of hydrogen-bond acceptors (Lipinski definition) is 1. The van der Waals surface area contributed by atoms with E-state index in [-0.39, 0.29) is 0 Å². The number of nitrogens with one attached hydrogen (secondary N) is 1. The zero-order valence-electron chi connectivity index (χ0n) is 12.2. The van der Waals surface area contributed by atoms with E-state index in [1.807, 2.05) is 0 Å². The van der Waals surface area contributed by atoms with Crippen LogP contribution in [0.2, 0.25) is 0 Å². The quantitative estimate of drug-likeness (QED) is 0.568. The summed E-state index contributed by atoms with van der Waals surface area (Å²) < 4.78 is 2.46. The summed E-state index contributed by atoms with van der Waals surface area (Å²) in [7, 11) is 0. The molecule has 0 aromatic heterocycles. The van der Waals surface area contributed by atoms with Crippen molar-refractivity contribution >= 4 is 31.9 Å². The molecule has 0 saturated carbocycles. The Balaban J connectivity index is 2.21. The van der Waals surface area contributed by atoms with Crippen LogP contribution in [0.1, 0.15) is 50.7 Å². The zero-order chi connectivity index (χ0) is 14.3. The van der Waals surface area contributed by atoms with Crippen molar-refractivity contribution in [2.24, 2.45) is 0 Å². The number of halogens is 2. The average molecular weight is 391 g/mol. The molecule has 1 N–H and O–H groups in total. The summed E-state index contributed by atoms with van der Waals surface area (Å²) in [6.45, 7) is 7.68. The van der Waals surface area contributed by atoms with Crippen LogP contribution in [0.15, 0.2) is 21.1 Å². The van der Waals surface area contributed by atoms with Crippen LogP contribution in [0.4, 0.5) is 0 Å². The molecule has 0 aliphatic heterocycles. The topological polar surface area (TPSA) is 12.0 Å². The third kappa shape index (κ3) is 6.92. The summed E-state index contributed by atoms with van der Waals surface area (Å²) in [6, 6.07) is 5.06. The van der Waals surface area contributed by atoms with Crippen LogP contribution in [-0.4, -0.2) is 12.6 Å². The fourth-order valence-electron chi connectivity index (χ4n) is 2.06. The van der Waals surface area contributed by atoms with Crippen molar-refractivity contribution < 1.29 is 0 Å². The summed E-state index contributed by atoms with van der Waals surface area (Å²) in [5, 5.41) is 3.46. The van der Waals surface area contributed by atoms with Gasteiger partial charge in [-0.05, 0) is 56.0 Å². The minimum absolute atomic E-state index is 0.612. The van der Waals surface area contributed by atoms with Crippen molar-refractivity contribution in [2.75, 3.05) is 6.54 Å². The molecule has 3 heteroatoms. The summed E-state index contributed by atoms with van der Waals surface area (Å²) in [6.07, 6.45) is 6.37.